The number of anilines is 1. The van der Waals surface area contributed by atoms with Gasteiger partial charge in [0, 0.05) is 10.7 Å². The molecule has 1 aliphatic rings. The van der Waals surface area contributed by atoms with Crippen LogP contribution < -0.4 is 9.64 Å². The molecule has 1 aliphatic heterocycles. The van der Waals surface area contributed by atoms with E-state index in [1.807, 2.05) is 11.0 Å². The number of ketones is 1. The molecule has 74 valence electrons. The van der Waals surface area contributed by atoms with Gasteiger partial charge in [0.25, 0.3) is 0 Å². The van der Waals surface area contributed by atoms with Crippen molar-refractivity contribution >= 4 is 27.5 Å². The first kappa shape index (κ1) is 9.45. The lowest BCUT2D eigenvalue weighted by molar-refractivity contribution is -0.119. The van der Waals surface area contributed by atoms with Crippen LogP contribution in [-0.2, 0) is 4.79 Å². The summed E-state index contributed by atoms with van der Waals surface area (Å²) in [5.41, 5.74) is 0. The monoisotopic (exact) mass is 256 g/mol. The maximum absolute atomic E-state index is 10.8. The first-order valence-electron chi connectivity index (χ1n) is 4.17. The lowest BCUT2D eigenvalue weighted by atomic mass is 10.2. The average Bonchev–Trinajstić information content (AvgIpc) is 2.13. The summed E-state index contributed by atoms with van der Waals surface area (Å²) in [6.45, 7) is 0.871. The van der Waals surface area contributed by atoms with Crippen molar-refractivity contribution in [3.8, 4) is 5.75 Å². The molecular weight excluding hydrogens is 248 g/mol. The zero-order valence-corrected chi connectivity index (χ0v) is 9.24. The Morgan fingerprint density at radius 1 is 1.57 bits per heavy atom. The molecule has 0 radical (unpaired) electrons. The van der Waals surface area contributed by atoms with Crippen LogP contribution in [0.5, 0.6) is 5.75 Å². The number of aromatic nitrogens is 1. The lowest BCUT2D eigenvalue weighted by Gasteiger charge is -2.31. The predicted octanol–water partition coefficient (Wildman–Crippen LogP) is 1.24. The predicted molar refractivity (Wildman–Crippen MR) is 55.7 cm³/mol. The van der Waals surface area contributed by atoms with Gasteiger partial charge < -0.3 is 9.64 Å². The summed E-state index contributed by atoms with van der Waals surface area (Å²) in [4.78, 5) is 16.9. The van der Waals surface area contributed by atoms with E-state index in [2.05, 4.69) is 20.9 Å². The molecule has 0 aliphatic carbocycles. The minimum absolute atomic E-state index is 0.233. The van der Waals surface area contributed by atoms with Gasteiger partial charge in [-0.05, 0) is 22.0 Å². The molecule has 1 saturated heterocycles. The summed E-state index contributed by atoms with van der Waals surface area (Å²) in [6.07, 6.45) is 1.70. The van der Waals surface area contributed by atoms with Crippen molar-refractivity contribution in [1.29, 1.82) is 0 Å². The Morgan fingerprint density at radius 2 is 2.29 bits per heavy atom. The summed E-state index contributed by atoms with van der Waals surface area (Å²) in [5, 5.41) is 0. The molecule has 2 rings (SSSR count). The van der Waals surface area contributed by atoms with Crippen molar-refractivity contribution in [3.05, 3.63) is 16.7 Å². The van der Waals surface area contributed by atoms with Gasteiger partial charge in [-0.15, -0.1) is 0 Å². The molecule has 0 amide bonds. The molecule has 5 heteroatoms. The maximum atomic E-state index is 10.8. The molecule has 4 nitrogen and oxygen atoms in total. The van der Waals surface area contributed by atoms with Gasteiger partial charge in [-0.1, -0.05) is 0 Å². The second-order valence-electron chi connectivity index (χ2n) is 3.07. The van der Waals surface area contributed by atoms with Crippen LogP contribution >= 0.6 is 15.9 Å². The summed E-state index contributed by atoms with van der Waals surface area (Å²) in [7, 11) is 1.59. The maximum Gasteiger partial charge on any atom is 0.172 e. The summed E-state index contributed by atoms with van der Waals surface area (Å²) in [5.74, 6) is 1.65. The highest BCUT2D eigenvalue weighted by Gasteiger charge is 2.27. The molecule has 0 bridgehead atoms. The molecule has 1 fully saturated rings. The zero-order valence-electron chi connectivity index (χ0n) is 7.66. The summed E-state index contributed by atoms with van der Waals surface area (Å²) >= 11 is 3.31. The zero-order chi connectivity index (χ0) is 10.1. The second kappa shape index (κ2) is 3.57. The largest absolute Gasteiger partial charge is 0.493 e. The summed E-state index contributed by atoms with van der Waals surface area (Å²) in [6, 6.07) is 1.84. The Labute approximate surface area is 90.0 Å². The van der Waals surface area contributed by atoms with Gasteiger partial charge in [-0.3, -0.25) is 4.79 Å². The number of halogens is 1. The van der Waals surface area contributed by atoms with E-state index in [0.29, 0.717) is 18.8 Å². The van der Waals surface area contributed by atoms with Crippen LogP contribution in [0.2, 0.25) is 0 Å². The van der Waals surface area contributed by atoms with E-state index < -0.39 is 0 Å². The fourth-order valence-corrected chi connectivity index (χ4v) is 1.64. The number of pyridine rings is 1. The van der Waals surface area contributed by atoms with Crippen LogP contribution in [-0.4, -0.2) is 31.0 Å². The smallest absolute Gasteiger partial charge is 0.172 e. The Balaban J connectivity index is 2.28. The van der Waals surface area contributed by atoms with Gasteiger partial charge >= 0.3 is 0 Å². The molecule has 1 aromatic heterocycles. The third kappa shape index (κ3) is 1.59. The van der Waals surface area contributed by atoms with Gasteiger partial charge in [0.05, 0.1) is 20.2 Å². The molecule has 0 spiro atoms. The van der Waals surface area contributed by atoms with Gasteiger partial charge in [0.1, 0.15) is 0 Å². The van der Waals surface area contributed by atoms with Crippen LogP contribution in [0.25, 0.3) is 0 Å². The van der Waals surface area contributed by atoms with E-state index in [1.54, 1.807) is 13.3 Å². The number of nitrogens with zero attached hydrogens (tertiary/aromatic N) is 2. The number of Topliss-reactive ketones (excluding diaryl/α,β-unsaturated/α-hetero) is 1. The van der Waals surface area contributed by atoms with Crippen molar-refractivity contribution in [1.82, 2.24) is 4.98 Å². The third-order valence-corrected chi connectivity index (χ3v) is 2.49. The number of carbonyl (C=O) groups excluding carboxylic acids is 1. The first-order chi connectivity index (χ1) is 6.70. The Bertz CT molecular complexity index is 373. The van der Waals surface area contributed by atoms with E-state index >= 15 is 0 Å². The summed E-state index contributed by atoms with van der Waals surface area (Å²) < 4.78 is 6.04. The number of ether oxygens (including phenoxy) is 1. The number of carbonyl (C=O) groups is 1. The molecular formula is C9H9BrN2O2. The van der Waals surface area contributed by atoms with Crippen LogP contribution in [0.3, 0.4) is 0 Å². The molecule has 1 aromatic rings. The molecule has 14 heavy (non-hydrogen) atoms. The number of rotatable bonds is 2. The lowest BCUT2D eigenvalue weighted by Crippen LogP contribution is -2.47. The molecule has 0 N–H and O–H groups in total. The number of hydrogen-bond acceptors (Lipinski definition) is 4. The minimum atomic E-state index is 0.233. The van der Waals surface area contributed by atoms with Gasteiger partial charge in [0.15, 0.2) is 17.4 Å². The van der Waals surface area contributed by atoms with Crippen molar-refractivity contribution < 1.29 is 9.53 Å². The quantitative estimate of drug-likeness (QED) is 0.799. The van der Waals surface area contributed by atoms with E-state index in [1.165, 1.54) is 0 Å². The average molecular weight is 257 g/mol. The highest BCUT2D eigenvalue weighted by atomic mass is 79.9. The van der Waals surface area contributed by atoms with Crippen molar-refractivity contribution in [2.75, 3.05) is 25.1 Å². The van der Waals surface area contributed by atoms with Crippen LogP contribution in [0.4, 0.5) is 5.82 Å². The van der Waals surface area contributed by atoms with E-state index in [-0.39, 0.29) is 5.78 Å². The number of methoxy groups -OCH3 is 1. The van der Waals surface area contributed by atoms with Crippen molar-refractivity contribution in [3.63, 3.8) is 0 Å². The van der Waals surface area contributed by atoms with Crippen molar-refractivity contribution in [2.45, 2.75) is 0 Å². The number of hydrogen-bond donors (Lipinski definition) is 0. The van der Waals surface area contributed by atoms with Gasteiger partial charge in [-0.25, -0.2) is 4.98 Å². The van der Waals surface area contributed by atoms with E-state index in [4.69, 9.17) is 4.74 Å². The third-order valence-electron chi connectivity index (χ3n) is 2.05. The highest BCUT2D eigenvalue weighted by molar-refractivity contribution is 9.10. The van der Waals surface area contributed by atoms with Crippen LogP contribution in [0.15, 0.2) is 16.7 Å². The minimum Gasteiger partial charge on any atom is -0.493 e. The molecule has 0 aromatic carbocycles. The first-order valence-corrected chi connectivity index (χ1v) is 4.96. The van der Waals surface area contributed by atoms with Crippen molar-refractivity contribution in [2.24, 2.45) is 0 Å². The standard InChI is InChI=1S/C9H9BrN2O2/c1-14-8-2-6(10)3-11-9(8)12-4-7(13)5-12/h2-3H,4-5H2,1H3. The second-order valence-corrected chi connectivity index (χ2v) is 3.99. The SMILES string of the molecule is COc1cc(Br)cnc1N1CC(=O)C1. The molecule has 0 atom stereocenters. The fourth-order valence-electron chi connectivity index (χ4n) is 1.33. The van der Waals surface area contributed by atoms with Crippen LogP contribution in [0, 0.1) is 0 Å². The Morgan fingerprint density at radius 3 is 2.86 bits per heavy atom. The van der Waals surface area contributed by atoms with E-state index in [9.17, 15) is 4.79 Å². The molecule has 0 unspecified atom stereocenters. The fraction of sp³-hybridized carbons (Fsp3) is 0.333. The highest BCUT2D eigenvalue weighted by Crippen LogP contribution is 2.30. The topological polar surface area (TPSA) is 42.4 Å². The Hall–Kier alpha value is -1.10. The van der Waals surface area contributed by atoms with Gasteiger partial charge in [-0.2, -0.15) is 0 Å². The van der Waals surface area contributed by atoms with Gasteiger partial charge in [0.2, 0.25) is 0 Å². The van der Waals surface area contributed by atoms with Crippen LogP contribution in [0.1, 0.15) is 0 Å². The molecule has 2 heterocycles. The van der Waals surface area contributed by atoms with E-state index in [0.717, 1.165) is 10.3 Å². The normalized spacial score (nSPS) is 15.3. The Kier molecular flexibility index (Phi) is 2.41. The molecule has 0 saturated carbocycles.